The fraction of sp³-hybridized carbons (Fsp3) is 0.333. The Morgan fingerprint density at radius 1 is 1.40 bits per heavy atom. The molecule has 5 heteroatoms. The molecule has 2 rings (SSSR count). The molecule has 0 amide bonds. The van der Waals surface area contributed by atoms with Crippen LogP contribution in [0.3, 0.4) is 0 Å². The first-order valence-corrected chi connectivity index (χ1v) is 8.08. The Hall–Kier alpha value is -1.59. The molecule has 2 aromatic rings. The van der Waals surface area contributed by atoms with Crippen LogP contribution in [0.5, 0.6) is 0 Å². The SMILES string of the molecule is C=S(=O)(c1ccc2c(C)cn(C(C)C=O)c2c1)N(C)C. The minimum absolute atomic E-state index is 0.248. The van der Waals surface area contributed by atoms with Crippen LogP contribution in [0.1, 0.15) is 18.5 Å². The molecule has 2 atom stereocenters. The van der Waals surface area contributed by atoms with Crippen molar-refractivity contribution >= 4 is 32.8 Å². The lowest BCUT2D eigenvalue weighted by Gasteiger charge is -2.17. The highest BCUT2D eigenvalue weighted by molar-refractivity contribution is 7.98. The lowest BCUT2D eigenvalue weighted by Crippen LogP contribution is -2.22. The summed E-state index contributed by atoms with van der Waals surface area (Å²) < 4.78 is 16.2. The van der Waals surface area contributed by atoms with Gasteiger partial charge in [0.25, 0.3) is 0 Å². The van der Waals surface area contributed by atoms with Gasteiger partial charge < -0.3 is 9.36 Å². The molecule has 1 heterocycles. The highest BCUT2D eigenvalue weighted by atomic mass is 32.2. The third-order valence-corrected chi connectivity index (χ3v) is 5.77. The van der Waals surface area contributed by atoms with Gasteiger partial charge in [0, 0.05) is 16.5 Å². The molecule has 4 nitrogen and oxygen atoms in total. The third kappa shape index (κ3) is 2.27. The predicted octanol–water partition coefficient (Wildman–Crippen LogP) is 2.26. The van der Waals surface area contributed by atoms with Crippen LogP contribution in [-0.4, -0.2) is 39.3 Å². The molecule has 20 heavy (non-hydrogen) atoms. The molecular weight excluding hydrogens is 272 g/mol. The first-order valence-electron chi connectivity index (χ1n) is 6.40. The Kier molecular flexibility index (Phi) is 3.75. The molecule has 0 aliphatic heterocycles. The molecule has 0 spiro atoms. The molecule has 108 valence electrons. The highest BCUT2D eigenvalue weighted by Crippen LogP contribution is 2.27. The van der Waals surface area contributed by atoms with E-state index < -0.39 is 9.71 Å². The number of rotatable bonds is 4. The first-order chi connectivity index (χ1) is 9.28. The number of hydrogen-bond donors (Lipinski definition) is 0. The van der Waals surface area contributed by atoms with Crippen LogP contribution in [0.15, 0.2) is 29.3 Å². The van der Waals surface area contributed by atoms with Gasteiger partial charge in [0.05, 0.1) is 21.3 Å². The van der Waals surface area contributed by atoms with Gasteiger partial charge in [-0.15, -0.1) is 0 Å². The van der Waals surface area contributed by atoms with Crippen molar-refractivity contribution in [2.75, 3.05) is 14.1 Å². The molecule has 0 saturated heterocycles. The monoisotopic (exact) mass is 292 g/mol. The van der Waals surface area contributed by atoms with Gasteiger partial charge in [0.2, 0.25) is 0 Å². The fourth-order valence-electron chi connectivity index (χ4n) is 2.22. The van der Waals surface area contributed by atoms with Crippen molar-refractivity contribution < 1.29 is 9.00 Å². The Bertz CT molecular complexity index is 758. The van der Waals surface area contributed by atoms with E-state index in [1.807, 2.05) is 42.8 Å². The molecule has 0 fully saturated rings. The Labute approximate surface area is 120 Å². The van der Waals surface area contributed by atoms with Crippen LogP contribution in [0.4, 0.5) is 0 Å². The van der Waals surface area contributed by atoms with Gasteiger partial charge in [-0.3, -0.25) is 0 Å². The third-order valence-electron chi connectivity index (χ3n) is 3.60. The molecule has 1 aromatic carbocycles. The highest BCUT2D eigenvalue weighted by Gasteiger charge is 2.15. The zero-order chi connectivity index (χ0) is 15.1. The topological polar surface area (TPSA) is 42.3 Å². The largest absolute Gasteiger partial charge is 0.337 e. The van der Waals surface area contributed by atoms with Crippen LogP contribution >= 0.6 is 0 Å². The quantitative estimate of drug-likeness (QED) is 0.641. The number of fused-ring (bicyclic) bond motifs is 1. The van der Waals surface area contributed by atoms with Crippen molar-refractivity contribution in [2.24, 2.45) is 0 Å². The number of nitrogens with zero attached hydrogens (tertiary/aromatic N) is 2. The molecule has 0 aliphatic rings. The number of hydrogen-bond acceptors (Lipinski definition) is 2. The van der Waals surface area contributed by atoms with Gasteiger partial charge in [-0.25, -0.2) is 8.51 Å². The summed E-state index contributed by atoms with van der Waals surface area (Å²) in [5, 5.41) is 1.07. The van der Waals surface area contributed by atoms with Crippen molar-refractivity contribution in [3.05, 3.63) is 30.0 Å². The van der Waals surface area contributed by atoms with Crippen LogP contribution in [0, 0.1) is 6.92 Å². The fourth-order valence-corrected chi connectivity index (χ4v) is 3.22. The molecular formula is C15H20N2O2S. The maximum Gasteiger partial charge on any atom is 0.142 e. The zero-order valence-electron chi connectivity index (χ0n) is 12.3. The average molecular weight is 292 g/mol. The second kappa shape index (κ2) is 5.07. The smallest absolute Gasteiger partial charge is 0.142 e. The van der Waals surface area contributed by atoms with Crippen LogP contribution < -0.4 is 0 Å². The molecule has 0 aliphatic carbocycles. The van der Waals surface area contributed by atoms with E-state index in [1.165, 1.54) is 0 Å². The summed E-state index contributed by atoms with van der Waals surface area (Å²) >= 11 is 0. The second-order valence-electron chi connectivity index (χ2n) is 5.23. The summed E-state index contributed by atoms with van der Waals surface area (Å²) in [5.74, 6) is 3.82. The number of benzene rings is 1. The van der Waals surface area contributed by atoms with Gasteiger partial charge in [-0.1, -0.05) is 6.07 Å². The number of aryl methyl sites for hydroxylation is 1. The second-order valence-corrected chi connectivity index (χ2v) is 7.71. The summed E-state index contributed by atoms with van der Waals surface area (Å²) in [7, 11) is 1.02. The van der Waals surface area contributed by atoms with Gasteiger partial charge >= 0.3 is 0 Å². The summed E-state index contributed by atoms with van der Waals surface area (Å²) in [6, 6.07) is 5.42. The van der Waals surface area contributed by atoms with E-state index in [4.69, 9.17) is 0 Å². The van der Waals surface area contributed by atoms with Crippen molar-refractivity contribution in [2.45, 2.75) is 24.8 Å². The van der Waals surface area contributed by atoms with Gasteiger partial charge in [-0.05, 0) is 51.5 Å². The Morgan fingerprint density at radius 2 is 2.05 bits per heavy atom. The van der Waals surface area contributed by atoms with E-state index in [0.29, 0.717) is 4.90 Å². The first kappa shape index (κ1) is 14.8. The zero-order valence-corrected chi connectivity index (χ0v) is 13.1. The molecule has 2 unspecified atom stereocenters. The average Bonchev–Trinajstić information content (AvgIpc) is 2.74. The lowest BCUT2D eigenvalue weighted by molar-refractivity contribution is -0.110. The molecule has 0 saturated carbocycles. The van der Waals surface area contributed by atoms with Crippen molar-refractivity contribution in [1.29, 1.82) is 0 Å². The molecule has 0 N–H and O–H groups in total. The molecule has 0 bridgehead atoms. The molecule has 1 aromatic heterocycles. The van der Waals surface area contributed by atoms with E-state index in [-0.39, 0.29) is 6.04 Å². The summed E-state index contributed by atoms with van der Waals surface area (Å²) in [6.07, 6.45) is 2.85. The van der Waals surface area contributed by atoms with Crippen LogP contribution in [0.2, 0.25) is 0 Å². The number of aromatic nitrogens is 1. The van der Waals surface area contributed by atoms with Crippen LogP contribution in [-0.2, 0) is 14.5 Å². The summed E-state index contributed by atoms with van der Waals surface area (Å²) in [4.78, 5) is 11.7. The number of carbonyl (C=O) groups excluding carboxylic acids is 1. The maximum absolute atomic E-state index is 12.6. The number of aldehydes is 1. The Balaban J connectivity index is 2.73. The van der Waals surface area contributed by atoms with Crippen molar-refractivity contribution in [3.63, 3.8) is 0 Å². The Morgan fingerprint density at radius 3 is 2.60 bits per heavy atom. The standard InChI is InChI=1S/C15H20N2O2S/c1-11-9-17(12(2)10-18)15-8-13(6-7-14(11)15)20(5,19)16(3)4/h6-10,12H,5H2,1-4H3. The minimum atomic E-state index is -2.48. The van der Waals surface area contributed by atoms with Gasteiger partial charge in [0.15, 0.2) is 0 Å². The lowest BCUT2D eigenvalue weighted by atomic mass is 10.2. The van der Waals surface area contributed by atoms with Crippen molar-refractivity contribution in [3.8, 4) is 0 Å². The minimum Gasteiger partial charge on any atom is -0.337 e. The number of carbonyl (C=O) groups is 1. The van der Waals surface area contributed by atoms with E-state index in [2.05, 4.69) is 5.87 Å². The summed E-state index contributed by atoms with van der Waals surface area (Å²) in [5.41, 5.74) is 2.01. The van der Waals surface area contributed by atoms with Gasteiger partial charge in [0.1, 0.15) is 6.29 Å². The van der Waals surface area contributed by atoms with Crippen molar-refractivity contribution in [1.82, 2.24) is 8.87 Å². The normalized spacial score (nSPS) is 16.2. The summed E-state index contributed by atoms with van der Waals surface area (Å²) in [6.45, 7) is 3.84. The maximum atomic E-state index is 12.6. The van der Waals surface area contributed by atoms with E-state index in [9.17, 15) is 9.00 Å². The van der Waals surface area contributed by atoms with Gasteiger partial charge in [-0.2, -0.15) is 0 Å². The van der Waals surface area contributed by atoms with E-state index >= 15 is 0 Å². The molecule has 0 radical (unpaired) electrons. The van der Waals surface area contributed by atoms with Crippen LogP contribution in [0.25, 0.3) is 10.9 Å². The van der Waals surface area contributed by atoms with E-state index in [1.54, 1.807) is 18.4 Å². The predicted molar refractivity (Wildman–Crippen MR) is 84.7 cm³/mol. The van der Waals surface area contributed by atoms with E-state index in [0.717, 1.165) is 22.8 Å².